The number of nitrogen functional groups attached to an aromatic ring is 1. The predicted octanol–water partition coefficient (Wildman–Crippen LogP) is 3.38. The molecule has 0 bridgehead atoms. The molecule has 1 aromatic carbocycles. The number of aromatic nitrogens is 1. The van der Waals surface area contributed by atoms with Crippen LogP contribution in [0, 0.1) is 6.92 Å². The largest absolute Gasteiger partial charge is 0.397 e. The minimum absolute atomic E-state index is 0.212. The van der Waals surface area contributed by atoms with Crippen LogP contribution in [0.3, 0.4) is 0 Å². The van der Waals surface area contributed by atoms with Crippen molar-refractivity contribution in [2.45, 2.75) is 26.3 Å². The van der Waals surface area contributed by atoms with Crippen LogP contribution in [-0.2, 0) is 5.54 Å². The smallest absolute Gasteiger partial charge is 0.117 e. The van der Waals surface area contributed by atoms with Crippen LogP contribution in [0.5, 0.6) is 0 Å². The van der Waals surface area contributed by atoms with E-state index in [9.17, 15) is 0 Å². The van der Waals surface area contributed by atoms with Gasteiger partial charge in [0, 0.05) is 11.6 Å². The Morgan fingerprint density at radius 1 is 1.35 bits per heavy atom. The fourth-order valence-corrected chi connectivity index (χ4v) is 2.42. The van der Waals surface area contributed by atoms with Gasteiger partial charge in [0.25, 0.3) is 0 Å². The second kappa shape index (κ2) is 4.37. The summed E-state index contributed by atoms with van der Waals surface area (Å²) >= 11 is 1.64. The molecule has 0 unspecified atom stereocenters. The predicted molar refractivity (Wildman–Crippen MR) is 74.4 cm³/mol. The number of rotatable bonds is 3. The lowest BCUT2D eigenvalue weighted by atomic mass is 10.1. The zero-order valence-electron chi connectivity index (χ0n) is 10.3. The average molecular weight is 247 g/mol. The van der Waals surface area contributed by atoms with E-state index >= 15 is 0 Å². The Morgan fingerprint density at radius 2 is 2.12 bits per heavy atom. The lowest BCUT2D eigenvalue weighted by Crippen LogP contribution is -2.28. The number of nitrogens with two attached hydrogens (primary N) is 1. The van der Waals surface area contributed by atoms with E-state index in [4.69, 9.17) is 5.73 Å². The molecule has 1 aromatic heterocycles. The van der Waals surface area contributed by atoms with Gasteiger partial charge in [-0.1, -0.05) is 6.07 Å². The fourth-order valence-electron chi connectivity index (χ4n) is 1.70. The van der Waals surface area contributed by atoms with Gasteiger partial charge in [0.1, 0.15) is 5.01 Å². The second-order valence-corrected chi connectivity index (χ2v) is 5.57. The third kappa shape index (κ3) is 2.58. The quantitative estimate of drug-likeness (QED) is 0.817. The standard InChI is InChI=1S/C13H17N3S/c1-9-4-5-10(14)11(8-9)16-13(2,3)12-15-6-7-17-12/h4-8,16H,14H2,1-3H3. The van der Waals surface area contributed by atoms with E-state index in [1.807, 2.05) is 23.7 Å². The highest BCUT2D eigenvalue weighted by Gasteiger charge is 2.23. The van der Waals surface area contributed by atoms with Crippen molar-refractivity contribution in [2.24, 2.45) is 0 Å². The summed E-state index contributed by atoms with van der Waals surface area (Å²) in [7, 11) is 0. The lowest BCUT2D eigenvalue weighted by Gasteiger charge is -2.26. The van der Waals surface area contributed by atoms with E-state index in [-0.39, 0.29) is 5.54 Å². The average Bonchev–Trinajstić information content (AvgIpc) is 2.77. The summed E-state index contributed by atoms with van der Waals surface area (Å²) in [6.45, 7) is 6.27. The van der Waals surface area contributed by atoms with Gasteiger partial charge in [-0.3, -0.25) is 0 Å². The minimum Gasteiger partial charge on any atom is -0.397 e. The molecule has 1 heterocycles. The summed E-state index contributed by atoms with van der Waals surface area (Å²) in [5.41, 5.74) is 8.68. The van der Waals surface area contributed by atoms with E-state index in [0.717, 1.165) is 16.4 Å². The maximum atomic E-state index is 5.97. The summed E-state index contributed by atoms with van der Waals surface area (Å²) in [6.07, 6.45) is 1.82. The molecule has 0 saturated carbocycles. The SMILES string of the molecule is Cc1ccc(N)c(NC(C)(C)c2nccs2)c1. The van der Waals surface area contributed by atoms with E-state index < -0.39 is 0 Å². The molecule has 2 aromatic rings. The first-order chi connectivity index (χ1) is 7.99. The number of hydrogen-bond donors (Lipinski definition) is 2. The third-order valence-electron chi connectivity index (χ3n) is 2.62. The molecule has 3 N–H and O–H groups in total. The Balaban J connectivity index is 2.29. The number of nitrogens with one attached hydrogen (secondary N) is 1. The first-order valence-electron chi connectivity index (χ1n) is 5.53. The Labute approximate surface area is 106 Å². The maximum Gasteiger partial charge on any atom is 0.117 e. The van der Waals surface area contributed by atoms with Crippen LogP contribution < -0.4 is 11.1 Å². The van der Waals surface area contributed by atoms with Gasteiger partial charge in [0.2, 0.25) is 0 Å². The van der Waals surface area contributed by atoms with Gasteiger partial charge in [-0.2, -0.15) is 0 Å². The van der Waals surface area contributed by atoms with Gasteiger partial charge in [0.15, 0.2) is 0 Å². The summed E-state index contributed by atoms with van der Waals surface area (Å²) in [5, 5.41) is 6.49. The molecule has 2 rings (SSSR count). The highest BCUT2D eigenvalue weighted by Crippen LogP contribution is 2.30. The monoisotopic (exact) mass is 247 g/mol. The minimum atomic E-state index is -0.212. The molecule has 4 heteroatoms. The van der Waals surface area contributed by atoms with Crippen LogP contribution in [0.4, 0.5) is 11.4 Å². The van der Waals surface area contributed by atoms with Crippen molar-refractivity contribution >= 4 is 22.7 Å². The molecule has 17 heavy (non-hydrogen) atoms. The maximum absolute atomic E-state index is 5.97. The Bertz CT molecular complexity index is 503. The van der Waals surface area contributed by atoms with E-state index in [1.54, 1.807) is 11.3 Å². The molecule has 0 aliphatic rings. The molecule has 0 amide bonds. The first-order valence-corrected chi connectivity index (χ1v) is 6.41. The van der Waals surface area contributed by atoms with Gasteiger partial charge in [-0.15, -0.1) is 11.3 Å². The normalized spacial score (nSPS) is 11.5. The molecular weight excluding hydrogens is 230 g/mol. The van der Waals surface area contributed by atoms with Gasteiger partial charge >= 0.3 is 0 Å². The van der Waals surface area contributed by atoms with Crippen molar-refractivity contribution < 1.29 is 0 Å². The first kappa shape index (κ1) is 11.9. The number of hydrogen-bond acceptors (Lipinski definition) is 4. The molecule has 0 aliphatic carbocycles. The van der Waals surface area contributed by atoms with Crippen LogP contribution in [-0.4, -0.2) is 4.98 Å². The van der Waals surface area contributed by atoms with Crippen LogP contribution >= 0.6 is 11.3 Å². The van der Waals surface area contributed by atoms with Crippen LogP contribution in [0.15, 0.2) is 29.8 Å². The highest BCUT2D eigenvalue weighted by molar-refractivity contribution is 7.09. The summed E-state index contributed by atoms with van der Waals surface area (Å²) < 4.78 is 0. The molecule has 0 saturated heterocycles. The van der Waals surface area contributed by atoms with Crippen molar-refractivity contribution in [1.29, 1.82) is 0 Å². The van der Waals surface area contributed by atoms with Crippen molar-refractivity contribution in [2.75, 3.05) is 11.1 Å². The van der Waals surface area contributed by atoms with Crippen molar-refractivity contribution in [3.8, 4) is 0 Å². The zero-order valence-corrected chi connectivity index (χ0v) is 11.1. The van der Waals surface area contributed by atoms with E-state index in [1.165, 1.54) is 5.56 Å². The topological polar surface area (TPSA) is 50.9 Å². The highest BCUT2D eigenvalue weighted by atomic mass is 32.1. The third-order valence-corrected chi connectivity index (χ3v) is 3.72. The summed E-state index contributed by atoms with van der Waals surface area (Å²) in [5.74, 6) is 0. The molecule has 3 nitrogen and oxygen atoms in total. The van der Waals surface area contributed by atoms with Gasteiger partial charge in [0.05, 0.1) is 16.9 Å². The Hall–Kier alpha value is -1.55. The number of anilines is 2. The van der Waals surface area contributed by atoms with E-state index in [2.05, 4.69) is 37.1 Å². The number of nitrogens with zero attached hydrogens (tertiary/aromatic N) is 1. The lowest BCUT2D eigenvalue weighted by molar-refractivity contribution is 0.604. The molecule has 0 spiro atoms. The van der Waals surface area contributed by atoms with Crippen LogP contribution in [0.1, 0.15) is 24.4 Å². The van der Waals surface area contributed by atoms with E-state index in [0.29, 0.717) is 0 Å². The van der Waals surface area contributed by atoms with Crippen molar-refractivity contribution in [3.05, 3.63) is 40.3 Å². The fraction of sp³-hybridized carbons (Fsp3) is 0.308. The molecular formula is C13H17N3S. The Morgan fingerprint density at radius 3 is 2.76 bits per heavy atom. The van der Waals surface area contributed by atoms with Crippen molar-refractivity contribution in [1.82, 2.24) is 4.98 Å². The molecule has 0 radical (unpaired) electrons. The molecule has 0 aliphatic heterocycles. The summed E-state index contributed by atoms with van der Waals surface area (Å²) in [6, 6.07) is 6.00. The number of thiazole rings is 1. The molecule has 90 valence electrons. The Kier molecular flexibility index (Phi) is 3.07. The van der Waals surface area contributed by atoms with Gasteiger partial charge < -0.3 is 11.1 Å². The van der Waals surface area contributed by atoms with Gasteiger partial charge in [-0.25, -0.2) is 4.98 Å². The number of benzene rings is 1. The molecule has 0 fully saturated rings. The number of aryl methyl sites for hydroxylation is 1. The zero-order chi connectivity index (χ0) is 12.5. The van der Waals surface area contributed by atoms with Crippen LogP contribution in [0.2, 0.25) is 0 Å². The van der Waals surface area contributed by atoms with Gasteiger partial charge in [-0.05, 0) is 38.5 Å². The second-order valence-electron chi connectivity index (χ2n) is 4.68. The summed E-state index contributed by atoms with van der Waals surface area (Å²) in [4.78, 5) is 4.35. The van der Waals surface area contributed by atoms with Crippen molar-refractivity contribution in [3.63, 3.8) is 0 Å². The van der Waals surface area contributed by atoms with Crippen LogP contribution in [0.25, 0.3) is 0 Å². The molecule has 0 atom stereocenters.